The van der Waals surface area contributed by atoms with Crippen LogP contribution in [0, 0.1) is 9.49 Å². The molecule has 3 nitrogen and oxygen atoms in total. The molecule has 0 unspecified atom stereocenters. The second-order valence-electron chi connectivity index (χ2n) is 3.17. The van der Waals surface area contributed by atoms with Crippen LogP contribution in [0.1, 0.15) is 23.7 Å². The number of Topliss-reactive ketones (excluding diaryl/α,β-unsaturated/α-hetero) is 1. The molecule has 1 N–H and O–H groups in total. The highest BCUT2D eigenvalue weighted by Gasteiger charge is 2.24. The van der Waals surface area contributed by atoms with E-state index in [9.17, 15) is 9.59 Å². The molecule has 0 fully saturated rings. The van der Waals surface area contributed by atoms with Gasteiger partial charge < -0.3 is 5.11 Å². The van der Waals surface area contributed by atoms with Crippen LogP contribution in [-0.4, -0.2) is 16.9 Å². The molecular weight excluding hydrogens is 307 g/mol. The van der Waals surface area contributed by atoms with E-state index in [1.165, 1.54) is 0 Å². The number of hydrogen-bond donors (Lipinski definition) is 1. The van der Waals surface area contributed by atoms with E-state index in [1.807, 2.05) is 0 Å². The molecule has 1 rings (SSSR count). The third-order valence-electron chi connectivity index (χ3n) is 2.15. The maximum atomic E-state index is 11.7. The Morgan fingerprint density at radius 2 is 1.87 bits per heavy atom. The zero-order chi connectivity index (χ0) is 11.4. The van der Waals surface area contributed by atoms with Crippen LogP contribution in [0.25, 0.3) is 0 Å². The first-order chi connectivity index (χ1) is 7.06. The molecule has 0 saturated heterocycles. The smallest absolute Gasteiger partial charge is 0.314 e. The van der Waals surface area contributed by atoms with Crippen molar-refractivity contribution in [2.75, 3.05) is 0 Å². The molecule has 0 aliphatic rings. The lowest BCUT2D eigenvalue weighted by Gasteiger charge is -2.08. The Hall–Kier alpha value is -0.910. The van der Waals surface area contributed by atoms with Gasteiger partial charge in [-0.05, 0) is 41.1 Å². The van der Waals surface area contributed by atoms with E-state index in [-0.39, 0.29) is 5.78 Å². The fourth-order valence-electron chi connectivity index (χ4n) is 1.29. The number of carbonyl (C=O) groups is 2. The van der Waals surface area contributed by atoms with E-state index >= 15 is 0 Å². The molecule has 4 heteroatoms. The van der Waals surface area contributed by atoms with Crippen LogP contribution < -0.4 is 0 Å². The standard InChI is InChI=1S/C11H11IO3/c1-2-9(11(14)15)10(13)7-3-5-8(12)6-4-7/h3-6,9H,2H2,1H3,(H,14,15)/t9-/m1/s1. The van der Waals surface area contributed by atoms with Gasteiger partial charge in [-0.3, -0.25) is 9.59 Å². The Morgan fingerprint density at radius 3 is 2.27 bits per heavy atom. The first kappa shape index (κ1) is 12.2. The normalized spacial score (nSPS) is 12.1. The van der Waals surface area contributed by atoms with Gasteiger partial charge in [0.2, 0.25) is 0 Å². The van der Waals surface area contributed by atoms with Crippen molar-refractivity contribution in [3.05, 3.63) is 33.4 Å². The molecule has 0 amide bonds. The van der Waals surface area contributed by atoms with Gasteiger partial charge in [0.05, 0.1) is 0 Å². The molecule has 0 bridgehead atoms. The van der Waals surface area contributed by atoms with E-state index in [1.54, 1.807) is 31.2 Å². The van der Waals surface area contributed by atoms with Crippen LogP contribution in [0.15, 0.2) is 24.3 Å². The Bertz CT molecular complexity index is 370. The molecule has 0 aliphatic carbocycles. The quantitative estimate of drug-likeness (QED) is 0.527. The summed E-state index contributed by atoms with van der Waals surface area (Å²) >= 11 is 2.13. The predicted molar refractivity (Wildman–Crippen MR) is 64.9 cm³/mol. The van der Waals surface area contributed by atoms with Crippen molar-refractivity contribution < 1.29 is 14.7 Å². The van der Waals surface area contributed by atoms with Gasteiger partial charge in [-0.2, -0.15) is 0 Å². The number of carboxylic acid groups (broad SMARTS) is 1. The molecule has 80 valence electrons. The number of carbonyl (C=O) groups excluding carboxylic acids is 1. The third kappa shape index (κ3) is 3.02. The number of aliphatic carboxylic acids is 1. The summed E-state index contributed by atoms with van der Waals surface area (Å²) in [5.41, 5.74) is 0.463. The van der Waals surface area contributed by atoms with Crippen LogP contribution in [0.4, 0.5) is 0 Å². The second-order valence-corrected chi connectivity index (χ2v) is 4.42. The number of hydrogen-bond acceptors (Lipinski definition) is 2. The van der Waals surface area contributed by atoms with Crippen molar-refractivity contribution in [1.82, 2.24) is 0 Å². The minimum atomic E-state index is -1.05. The molecule has 0 heterocycles. The van der Waals surface area contributed by atoms with Crippen molar-refractivity contribution in [2.24, 2.45) is 5.92 Å². The lowest BCUT2D eigenvalue weighted by atomic mass is 9.95. The Labute approximate surface area is 102 Å². The largest absolute Gasteiger partial charge is 0.481 e. The van der Waals surface area contributed by atoms with Crippen molar-refractivity contribution in [2.45, 2.75) is 13.3 Å². The van der Waals surface area contributed by atoms with Gasteiger partial charge >= 0.3 is 5.97 Å². The van der Waals surface area contributed by atoms with Crippen LogP contribution in [0.5, 0.6) is 0 Å². The first-order valence-electron chi connectivity index (χ1n) is 4.58. The molecule has 0 radical (unpaired) electrons. The number of rotatable bonds is 4. The lowest BCUT2D eigenvalue weighted by Crippen LogP contribution is -2.23. The first-order valence-corrected chi connectivity index (χ1v) is 5.66. The maximum absolute atomic E-state index is 11.7. The summed E-state index contributed by atoms with van der Waals surface area (Å²) < 4.78 is 1.02. The van der Waals surface area contributed by atoms with Crippen molar-refractivity contribution >= 4 is 34.3 Å². The van der Waals surface area contributed by atoms with Crippen LogP contribution in [0.2, 0.25) is 0 Å². The molecule has 0 spiro atoms. The van der Waals surface area contributed by atoms with E-state index < -0.39 is 11.9 Å². The van der Waals surface area contributed by atoms with Crippen LogP contribution >= 0.6 is 22.6 Å². The highest BCUT2D eigenvalue weighted by molar-refractivity contribution is 14.1. The molecule has 0 aliphatic heterocycles. The van der Waals surface area contributed by atoms with Crippen molar-refractivity contribution in [1.29, 1.82) is 0 Å². The monoisotopic (exact) mass is 318 g/mol. The van der Waals surface area contributed by atoms with Gasteiger partial charge in [-0.15, -0.1) is 0 Å². The van der Waals surface area contributed by atoms with Crippen LogP contribution in [-0.2, 0) is 4.79 Å². The number of benzene rings is 1. The summed E-state index contributed by atoms with van der Waals surface area (Å²) in [5, 5.41) is 8.84. The molecular formula is C11H11IO3. The molecule has 1 aromatic rings. The minimum Gasteiger partial charge on any atom is -0.481 e. The molecule has 15 heavy (non-hydrogen) atoms. The predicted octanol–water partition coefficient (Wildman–Crippen LogP) is 2.58. The Balaban J connectivity index is 2.93. The van der Waals surface area contributed by atoms with Gasteiger partial charge in [0.25, 0.3) is 0 Å². The zero-order valence-electron chi connectivity index (χ0n) is 8.24. The average Bonchev–Trinajstić information content (AvgIpc) is 2.19. The number of halogens is 1. The van der Waals surface area contributed by atoms with Gasteiger partial charge in [0, 0.05) is 9.13 Å². The number of carboxylic acids is 1. The summed E-state index contributed by atoms with van der Waals surface area (Å²) in [6, 6.07) is 6.91. The highest BCUT2D eigenvalue weighted by Crippen LogP contribution is 2.14. The molecule has 1 aromatic carbocycles. The topological polar surface area (TPSA) is 54.4 Å². The minimum absolute atomic E-state index is 0.318. The van der Waals surface area contributed by atoms with Gasteiger partial charge in [0.1, 0.15) is 5.92 Å². The summed E-state index contributed by atoms with van der Waals surface area (Å²) in [7, 11) is 0. The third-order valence-corrected chi connectivity index (χ3v) is 2.87. The fraction of sp³-hybridized carbons (Fsp3) is 0.273. The molecule has 0 aromatic heterocycles. The Kier molecular flexibility index (Phi) is 4.26. The molecule has 0 saturated carbocycles. The average molecular weight is 318 g/mol. The second kappa shape index (κ2) is 5.25. The van der Waals surface area contributed by atoms with Gasteiger partial charge in [0.15, 0.2) is 5.78 Å². The zero-order valence-corrected chi connectivity index (χ0v) is 10.4. The van der Waals surface area contributed by atoms with E-state index in [0.717, 1.165) is 3.57 Å². The maximum Gasteiger partial charge on any atom is 0.314 e. The van der Waals surface area contributed by atoms with Crippen LogP contribution in [0.3, 0.4) is 0 Å². The molecule has 1 atom stereocenters. The van der Waals surface area contributed by atoms with E-state index in [4.69, 9.17) is 5.11 Å². The van der Waals surface area contributed by atoms with Gasteiger partial charge in [-0.25, -0.2) is 0 Å². The lowest BCUT2D eigenvalue weighted by molar-refractivity contribution is -0.140. The number of ketones is 1. The summed E-state index contributed by atoms with van der Waals surface area (Å²) in [5.74, 6) is -2.30. The van der Waals surface area contributed by atoms with E-state index in [0.29, 0.717) is 12.0 Å². The summed E-state index contributed by atoms with van der Waals surface area (Å²) in [4.78, 5) is 22.5. The SMILES string of the molecule is CC[C@@H](C(=O)O)C(=O)c1ccc(I)cc1. The summed E-state index contributed by atoms with van der Waals surface area (Å²) in [6.07, 6.45) is 0.320. The Morgan fingerprint density at radius 1 is 1.33 bits per heavy atom. The highest BCUT2D eigenvalue weighted by atomic mass is 127. The van der Waals surface area contributed by atoms with E-state index in [2.05, 4.69) is 22.6 Å². The van der Waals surface area contributed by atoms with Crippen molar-refractivity contribution in [3.63, 3.8) is 0 Å². The fourth-order valence-corrected chi connectivity index (χ4v) is 1.65. The van der Waals surface area contributed by atoms with Crippen molar-refractivity contribution in [3.8, 4) is 0 Å². The van der Waals surface area contributed by atoms with Gasteiger partial charge in [-0.1, -0.05) is 19.1 Å². The summed E-state index contributed by atoms with van der Waals surface area (Å²) in [6.45, 7) is 1.70.